The number of nitrogens with two attached hydrogens (primary N) is 1. The molecule has 1 atom stereocenters. The van der Waals surface area contributed by atoms with Gasteiger partial charge in [-0.05, 0) is 17.7 Å². The minimum absolute atomic E-state index is 0.259. The molecule has 0 spiro atoms. The summed E-state index contributed by atoms with van der Waals surface area (Å²) in [6.45, 7) is 3.68. The fourth-order valence-electron chi connectivity index (χ4n) is 2.58. The van der Waals surface area contributed by atoms with E-state index in [4.69, 9.17) is 5.73 Å². The van der Waals surface area contributed by atoms with E-state index in [-0.39, 0.29) is 6.04 Å². The van der Waals surface area contributed by atoms with E-state index in [2.05, 4.69) is 72.9 Å². The molecule has 0 bridgehead atoms. The van der Waals surface area contributed by atoms with Gasteiger partial charge in [-0.25, -0.2) is 0 Å². The monoisotopic (exact) mass is 254 g/mol. The molecule has 2 nitrogen and oxygen atoms in total. The Labute approximate surface area is 115 Å². The Kier molecular flexibility index (Phi) is 5.13. The minimum atomic E-state index is 0.259. The van der Waals surface area contributed by atoms with E-state index < -0.39 is 0 Å². The van der Waals surface area contributed by atoms with Gasteiger partial charge in [0.25, 0.3) is 0 Å². The second-order valence-electron chi connectivity index (χ2n) is 4.70. The van der Waals surface area contributed by atoms with Crippen LogP contribution in [0.25, 0.3) is 0 Å². The Bertz CT molecular complexity index is 428. The van der Waals surface area contributed by atoms with Crippen molar-refractivity contribution in [3.8, 4) is 0 Å². The maximum atomic E-state index is 5.97. The predicted molar refractivity (Wildman–Crippen MR) is 81.2 cm³/mol. The number of nitrogens with one attached hydrogen (secondary N) is 1. The highest BCUT2D eigenvalue weighted by molar-refractivity contribution is 5.34. The van der Waals surface area contributed by atoms with Crippen molar-refractivity contribution < 1.29 is 0 Å². The van der Waals surface area contributed by atoms with Crippen LogP contribution < -0.4 is 11.1 Å². The SMILES string of the molecule is CCNC(CN)C(c1ccccc1)c1ccccc1. The van der Waals surface area contributed by atoms with Crippen LogP contribution in [0.5, 0.6) is 0 Å². The molecule has 0 saturated heterocycles. The summed E-state index contributed by atoms with van der Waals surface area (Å²) < 4.78 is 0. The van der Waals surface area contributed by atoms with E-state index in [0.29, 0.717) is 12.5 Å². The van der Waals surface area contributed by atoms with Gasteiger partial charge in [-0.15, -0.1) is 0 Å². The minimum Gasteiger partial charge on any atom is -0.329 e. The van der Waals surface area contributed by atoms with Crippen LogP contribution in [0.1, 0.15) is 24.0 Å². The Hall–Kier alpha value is -1.64. The first-order chi connectivity index (χ1) is 9.36. The fraction of sp³-hybridized carbons (Fsp3) is 0.294. The Morgan fingerprint density at radius 3 is 1.74 bits per heavy atom. The van der Waals surface area contributed by atoms with Crippen LogP contribution in [0, 0.1) is 0 Å². The molecule has 3 N–H and O–H groups in total. The van der Waals surface area contributed by atoms with Crippen LogP contribution in [0.2, 0.25) is 0 Å². The molecule has 0 fully saturated rings. The highest BCUT2D eigenvalue weighted by Crippen LogP contribution is 2.27. The van der Waals surface area contributed by atoms with Gasteiger partial charge in [0, 0.05) is 18.5 Å². The lowest BCUT2D eigenvalue weighted by molar-refractivity contribution is 0.486. The van der Waals surface area contributed by atoms with Crippen molar-refractivity contribution in [2.45, 2.75) is 18.9 Å². The zero-order valence-electron chi connectivity index (χ0n) is 11.4. The Balaban J connectivity index is 2.38. The molecule has 1 unspecified atom stereocenters. The maximum Gasteiger partial charge on any atom is 0.0299 e. The Morgan fingerprint density at radius 1 is 0.895 bits per heavy atom. The van der Waals surface area contributed by atoms with Crippen LogP contribution >= 0.6 is 0 Å². The molecular weight excluding hydrogens is 232 g/mol. The first-order valence-corrected chi connectivity index (χ1v) is 6.90. The van der Waals surface area contributed by atoms with Crippen LogP contribution in [0.4, 0.5) is 0 Å². The van der Waals surface area contributed by atoms with Gasteiger partial charge in [0.2, 0.25) is 0 Å². The van der Waals surface area contributed by atoms with Crippen molar-refractivity contribution >= 4 is 0 Å². The Morgan fingerprint density at radius 2 is 1.37 bits per heavy atom. The molecule has 0 aliphatic carbocycles. The molecule has 0 amide bonds. The molecule has 0 aliphatic rings. The molecule has 100 valence electrons. The number of likely N-dealkylation sites (N-methyl/N-ethyl adjacent to an activating group) is 1. The summed E-state index contributed by atoms with van der Waals surface area (Å²) in [5, 5.41) is 3.50. The molecule has 0 saturated carbocycles. The van der Waals surface area contributed by atoms with E-state index >= 15 is 0 Å². The van der Waals surface area contributed by atoms with Crippen molar-refractivity contribution in [3.63, 3.8) is 0 Å². The molecule has 2 heteroatoms. The number of hydrogen-bond donors (Lipinski definition) is 2. The zero-order valence-corrected chi connectivity index (χ0v) is 11.4. The zero-order chi connectivity index (χ0) is 13.5. The van der Waals surface area contributed by atoms with Gasteiger partial charge in [0.15, 0.2) is 0 Å². The van der Waals surface area contributed by atoms with Gasteiger partial charge in [-0.2, -0.15) is 0 Å². The average Bonchev–Trinajstić information content (AvgIpc) is 2.49. The highest BCUT2D eigenvalue weighted by atomic mass is 14.9. The van der Waals surface area contributed by atoms with E-state index in [1.165, 1.54) is 11.1 Å². The topological polar surface area (TPSA) is 38.0 Å². The summed E-state index contributed by atoms with van der Waals surface area (Å²) in [4.78, 5) is 0. The van der Waals surface area contributed by atoms with E-state index in [9.17, 15) is 0 Å². The lowest BCUT2D eigenvalue weighted by atomic mass is 9.85. The molecule has 19 heavy (non-hydrogen) atoms. The third kappa shape index (κ3) is 3.43. The molecule has 2 aromatic carbocycles. The summed E-state index contributed by atoms with van der Waals surface area (Å²) in [6.07, 6.45) is 0. The standard InChI is InChI=1S/C17H22N2/c1-2-19-16(13-18)17(14-9-5-3-6-10-14)15-11-7-4-8-12-15/h3-12,16-17,19H,2,13,18H2,1H3. The summed E-state index contributed by atoms with van der Waals surface area (Å²) in [6, 6.07) is 21.4. The number of rotatable bonds is 6. The largest absolute Gasteiger partial charge is 0.329 e. The summed E-state index contributed by atoms with van der Waals surface area (Å²) in [5.74, 6) is 0.298. The molecule has 0 aliphatic heterocycles. The van der Waals surface area contributed by atoms with Crippen LogP contribution in [-0.2, 0) is 0 Å². The summed E-state index contributed by atoms with van der Waals surface area (Å²) in [7, 11) is 0. The van der Waals surface area contributed by atoms with Crippen LogP contribution in [0.3, 0.4) is 0 Å². The summed E-state index contributed by atoms with van der Waals surface area (Å²) in [5.41, 5.74) is 8.59. The van der Waals surface area contributed by atoms with E-state index in [0.717, 1.165) is 6.54 Å². The predicted octanol–water partition coefficient (Wildman–Crippen LogP) is 2.76. The third-order valence-electron chi connectivity index (χ3n) is 3.44. The van der Waals surface area contributed by atoms with Gasteiger partial charge in [-0.3, -0.25) is 0 Å². The van der Waals surface area contributed by atoms with Crippen molar-refractivity contribution in [3.05, 3.63) is 71.8 Å². The second kappa shape index (κ2) is 7.07. The lowest BCUT2D eigenvalue weighted by Crippen LogP contribution is -2.41. The van der Waals surface area contributed by atoms with Crippen LogP contribution in [0.15, 0.2) is 60.7 Å². The van der Waals surface area contributed by atoms with E-state index in [1.54, 1.807) is 0 Å². The average molecular weight is 254 g/mol. The molecule has 2 rings (SSSR count). The molecule has 0 heterocycles. The van der Waals surface area contributed by atoms with Crippen molar-refractivity contribution in [2.24, 2.45) is 5.73 Å². The molecule has 2 aromatic rings. The highest BCUT2D eigenvalue weighted by Gasteiger charge is 2.22. The van der Waals surface area contributed by atoms with Gasteiger partial charge in [-0.1, -0.05) is 67.6 Å². The third-order valence-corrected chi connectivity index (χ3v) is 3.44. The van der Waals surface area contributed by atoms with Crippen LogP contribution in [-0.4, -0.2) is 19.1 Å². The second-order valence-corrected chi connectivity index (χ2v) is 4.70. The number of hydrogen-bond acceptors (Lipinski definition) is 2. The quantitative estimate of drug-likeness (QED) is 0.832. The van der Waals surface area contributed by atoms with E-state index in [1.807, 2.05) is 0 Å². The molecular formula is C17H22N2. The summed E-state index contributed by atoms with van der Waals surface area (Å²) >= 11 is 0. The van der Waals surface area contributed by atoms with Gasteiger partial charge < -0.3 is 11.1 Å². The van der Waals surface area contributed by atoms with Crippen molar-refractivity contribution in [2.75, 3.05) is 13.1 Å². The van der Waals surface area contributed by atoms with Gasteiger partial charge in [0.1, 0.15) is 0 Å². The van der Waals surface area contributed by atoms with Gasteiger partial charge in [0.05, 0.1) is 0 Å². The molecule has 0 radical (unpaired) electrons. The fourth-order valence-corrected chi connectivity index (χ4v) is 2.58. The number of benzene rings is 2. The first kappa shape index (κ1) is 13.8. The molecule has 0 aromatic heterocycles. The van der Waals surface area contributed by atoms with Crippen molar-refractivity contribution in [1.82, 2.24) is 5.32 Å². The smallest absolute Gasteiger partial charge is 0.0299 e. The van der Waals surface area contributed by atoms with Crippen molar-refractivity contribution in [1.29, 1.82) is 0 Å². The normalized spacial score (nSPS) is 12.6. The first-order valence-electron chi connectivity index (χ1n) is 6.90. The lowest BCUT2D eigenvalue weighted by Gasteiger charge is -2.27. The maximum absolute atomic E-state index is 5.97. The van der Waals surface area contributed by atoms with Gasteiger partial charge >= 0.3 is 0 Å².